The molecule has 5 nitrogen and oxygen atoms in total. The summed E-state index contributed by atoms with van der Waals surface area (Å²) >= 11 is 3.50. The first-order chi connectivity index (χ1) is 13.0. The van der Waals surface area contributed by atoms with Crippen LogP contribution in [-0.4, -0.2) is 41.9 Å². The van der Waals surface area contributed by atoms with E-state index < -0.39 is 0 Å². The summed E-state index contributed by atoms with van der Waals surface area (Å²) in [5.74, 6) is 0.0346. The van der Waals surface area contributed by atoms with Crippen LogP contribution in [0.15, 0.2) is 53.0 Å². The molecule has 1 N–H and O–H groups in total. The Bertz CT molecular complexity index is 819. The van der Waals surface area contributed by atoms with Gasteiger partial charge in [0.25, 0.3) is 5.91 Å². The Labute approximate surface area is 168 Å². The zero-order valence-electron chi connectivity index (χ0n) is 15.5. The molecule has 1 fully saturated rings. The summed E-state index contributed by atoms with van der Waals surface area (Å²) in [6.07, 6.45) is 3.30. The molecule has 0 atom stereocenters. The van der Waals surface area contributed by atoms with Gasteiger partial charge in [-0.05, 0) is 49.1 Å². The Hall–Kier alpha value is -2.34. The first kappa shape index (κ1) is 19.4. The van der Waals surface area contributed by atoms with Gasteiger partial charge in [-0.15, -0.1) is 0 Å². The summed E-state index contributed by atoms with van der Waals surface area (Å²) < 4.78 is 0.971. The van der Waals surface area contributed by atoms with Gasteiger partial charge in [-0.3, -0.25) is 4.79 Å². The van der Waals surface area contributed by atoms with Crippen LogP contribution in [0.2, 0.25) is 0 Å². The second-order valence-corrected chi connectivity index (χ2v) is 7.67. The van der Waals surface area contributed by atoms with Gasteiger partial charge in [0.1, 0.15) is 0 Å². The van der Waals surface area contributed by atoms with Crippen LogP contribution in [-0.2, 0) is 6.54 Å². The highest BCUT2D eigenvalue weighted by molar-refractivity contribution is 9.10. The average molecular weight is 430 g/mol. The lowest BCUT2D eigenvalue weighted by atomic mass is 10.1. The molecule has 0 radical (unpaired) electrons. The number of benzene rings is 2. The zero-order valence-corrected chi connectivity index (χ0v) is 17.0. The predicted octanol–water partition coefficient (Wildman–Crippen LogP) is 4.74. The van der Waals surface area contributed by atoms with Crippen LogP contribution in [0.3, 0.4) is 0 Å². The number of hydrogen-bond donors (Lipinski definition) is 1. The third kappa shape index (κ3) is 5.10. The molecular weight excluding hydrogens is 406 g/mol. The van der Waals surface area contributed by atoms with Gasteiger partial charge in [0.15, 0.2) is 0 Å². The molecule has 1 heterocycles. The smallest absolute Gasteiger partial charge is 0.321 e. The molecule has 0 unspecified atom stereocenters. The molecule has 142 valence electrons. The van der Waals surface area contributed by atoms with E-state index in [2.05, 4.69) is 21.2 Å². The van der Waals surface area contributed by atoms with Crippen LogP contribution in [0.5, 0.6) is 0 Å². The number of nitrogens with zero attached hydrogens (tertiary/aromatic N) is 2. The molecule has 3 amide bonds. The Kier molecular flexibility index (Phi) is 6.50. The second-order valence-electron chi connectivity index (χ2n) is 6.81. The second kappa shape index (κ2) is 9.04. The first-order valence-electron chi connectivity index (χ1n) is 9.19. The minimum absolute atomic E-state index is 0.0346. The molecule has 1 saturated heterocycles. The number of nitrogens with one attached hydrogen (secondary N) is 1. The normalized spacial score (nSPS) is 13.9. The van der Waals surface area contributed by atoms with Crippen molar-refractivity contribution in [2.24, 2.45) is 0 Å². The highest BCUT2D eigenvalue weighted by Crippen LogP contribution is 2.19. The quantitative estimate of drug-likeness (QED) is 0.762. The van der Waals surface area contributed by atoms with Gasteiger partial charge >= 0.3 is 6.03 Å². The summed E-state index contributed by atoms with van der Waals surface area (Å²) in [6.45, 7) is 2.11. The van der Waals surface area contributed by atoms with E-state index in [1.165, 1.54) is 6.42 Å². The minimum Gasteiger partial charge on any atom is -0.339 e. The molecule has 3 rings (SSSR count). The number of amides is 3. The van der Waals surface area contributed by atoms with E-state index in [1.807, 2.05) is 29.2 Å². The van der Waals surface area contributed by atoms with Crippen molar-refractivity contribution in [2.75, 3.05) is 25.5 Å². The molecule has 1 aliphatic heterocycles. The fraction of sp³-hybridized carbons (Fsp3) is 0.333. The molecule has 0 bridgehead atoms. The maximum absolute atomic E-state index is 12.6. The molecule has 0 saturated carbocycles. The van der Waals surface area contributed by atoms with E-state index in [1.54, 1.807) is 36.2 Å². The van der Waals surface area contributed by atoms with Crippen molar-refractivity contribution in [3.8, 4) is 0 Å². The molecule has 2 aromatic carbocycles. The summed E-state index contributed by atoms with van der Waals surface area (Å²) in [4.78, 5) is 28.7. The van der Waals surface area contributed by atoms with Gasteiger partial charge < -0.3 is 15.1 Å². The average Bonchev–Trinajstić information content (AvgIpc) is 2.70. The number of carbonyl (C=O) groups excluding carboxylic acids is 2. The standard InChI is InChI=1S/C21H24BrN3O2/c1-24(15-17-8-3-4-11-19(17)22)21(27)23-18-10-7-9-16(14-18)20(26)25-12-5-2-6-13-25/h3-4,7-11,14H,2,5-6,12-13,15H2,1H3,(H,23,27). The lowest BCUT2D eigenvalue weighted by molar-refractivity contribution is 0.0724. The molecule has 27 heavy (non-hydrogen) atoms. The van der Waals surface area contributed by atoms with Gasteiger partial charge in [0, 0.05) is 42.4 Å². The van der Waals surface area contributed by atoms with Crippen molar-refractivity contribution in [1.29, 1.82) is 0 Å². The van der Waals surface area contributed by atoms with E-state index in [9.17, 15) is 9.59 Å². The third-order valence-electron chi connectivity index (χ3n) is 4.72. The Morgan fingerprint density at radius 3 is 2.56 bits per heavy atom. The van der Waals surface area contributed by atoms with Gasteiger partial charge in [-0.1, -0.05) is 40.2 Å². The number of rotatable bonds is 4. The highest BCUT2D eigenvalue weighted by atomic mass is 79.9. The number of hydrogen-bond acceptors (Lipinski definition) is 2. The van der Waals surface area contributed by atoms with Crippen molar-refractivity contribution in [3.63, 3.8) is 0 Å². The molecule has 0 aliphatic carbocycles. The molecule has 0 spiro atoms. The number of halogens is 1. The Morgan fingerprint density at radius 2 is 1.81 bits per heavy atom. The fourth-order valence-corrected chi connectivity index (χ4v) is 3.59. The predicted molar refractivity (Wildman–Crippen MR) is 111 cm³/mol. The summed E-state index contributed by atoms with van der Waals surface area (Å²) in [5.41, 5.74) is 2.27. The molecular formula is C21H24BrN3O2. The number of likely N-dealkylation sites (tertiary alicyclic amines) is 1. The lowest BCUT2D eigenvalue weighted by Gasteiger charge is -2.27. The molecule has 0 aromatic heterocycles. The highest BCUT2D eigenvalue weighted by Gasteiger charge is 2.19. The van der Waals surface area contributed by atoms with Crippen LogP contribution >= 0.6 is 15.9 Å². The maximum atomic E-state index is 12.6. The summed E-state index contributed by atoms with van der Waals surface area (Å²) in [7, 11) is 1.75. The fourth-order valence-electron chi connectivity index (χ4n) is 3.18. The minimum atomic E-state index is -0.215. The SMILES string of the molecule is CN(Cc1ccccc1Br)C(=O)Nc1cccc(C(=O)N2CCCCC2)c1. The number of carbonyl (C=O) groups is 2. The van der Waals surface area contributed by atoms with Gasteiger partial charge in [-0.2, -0.15) is 0 Å². The van der Waals surface area contributed by atoms with Gasteiger partial charge in [0.05, 0.1) is 0 Å². The van der Waals surface area contributed by atoms with E-state index in [0.29, 0.717) is 17.8 Å². The maximum Gasteiger partial charge on any atom is 0.321 e. The van der Waals surface area contributed by atoms with Crippen molar-refractivity contribution in [3.05, 3.63) is 64.1 Å². The van der Waals surface area contributed by atoms with Crippen LogP contribution in [0.25, 0.3) is 0 Å². The topological polar surface area (TPSA) is 52.7 Å². The third-order valence-corrected chi connectivity index (χ3v) is 5.49. The van der Waals surface area contributed by atoms with Crippen molar-refractivity contribution in [2.45, 2.75) is 25.8 Å². The number of anilines is 1. The van der Waals surface area contributed by atoms with Crippen molar-refractivity contribution in [1.82, 2.24) is 9.80 Å². The summed E-state index contributed by atoms with van der Waals surface area (Å²) in [6, 6.07) is 14.8. The first-order valence-corrected chi connectivity index (χ1v) is 9.99. The summed E-state index contributed by atoms with van der Waals surface area (Å²) in [5, 5.41) is 2.88. The van der Waals surface area contributed by atoms with Gasteiger partial charge in [0.2, 0.25) is 0 Å². The van der Waals surface area contributed by atoms with E-state index in [4.69, 9.17) is 0 Å². The van der Waals surface area contributed by atoms with Crippen LogP contribution in [0.4, 0.5) is 10.5 Å². The van der Waals surface area contributed by atoms with Crippen LogP contribution in [0.1, 0.15) is 35.2 Å². The molecule has 2 aromatic rings. The molecule has 1 aliphatic rings. The van der Waals surface area contributed by atoms with E-state index in [0.717, 1.165) is 36.0 Å². The monoisotopic (exact) mass is 429 g/mol. The lowest BCUT2D eigenvalue weighted by Crippen LogP contribution is -2.35. The Morgan fingerprint density at radius 1 is 1.07 bits per heavy atom. The number of urea groups is 1. The van der Waals surface area contributed by atoms with Crippen molar-refractivity contribution < 1.29 is 9.59 Å². The van der Waals surface area contributed by atoms with Gasteiger partial charge in [-0.25, -0.2) is 4.79 Å². The molecule has 6 heteroatoms. The Balaban J connectivity index is 1.64. The largest absolute Gasteiger partial charge is 0.339 e. The van der Waals surface area contributed by atoms with Crippen LogP contribution in [0, 0.1) is 0 Å². The van der Waals surface area contributed by atoms with E-state index >= 15 is 0 Å². The van der Waals surface area contributed by atoms with E-state index in [-0.39, 0.29) is 11.9 Å². The number of piperidine rings is 1. The van der Waals surface area contributed by atoms with Crippen molar-refractivity contribution >= 4 is 33.6 Å². The zero-order chi connectivity index (χ0) is 19.2. The van der Waals surface area contributed by atoms with Crippen LogP contribution < -0.4 is 5.32 Å².